The molecule has 1 aromatic heterocycles. The van der Waals surface area contributed by atoms with Gasteiger partial charge in [-0.15, -0.1) is 0 Å². The number of hydrogen-bond acceptors (Lipinski definition) is 4. The Labute approximate surface area is 84.2 Å². The smallest absolute Gasteiger partial charge is 0.322 e. The number of H-pyrrole nitrogens is 1. The molecule has 0 unspecified atom stereocenters. The molecule has 0 spiro atoms. The molecule has 0 aliphatic rings. The summed E-state index contributed by atoms with van der Waals surface area (Å²) < 4.78 is 5.07. The molecule has 0 aliphatic heterocycles. The maximum absolute atomic E-state index is 10.9. The van der Waals surface area contributed by atoms with Crippen molar-refractivity contribution in [2.45, 2.75) is 0 Å². The predicted molar refractivity (Wildman–Crippen MR) is 54.7 cm³/mol. The SMILES string of the molecule is COc1cccc(-c2n[nH]c(=O)s2)c1. The Morgan fingerprint density at radius 1 is 1.50 bits per heavy atom. The van der Waals surface area contributed by atoms with Crippen LogP contribution in [0.15, 0.2) is 29.1 Å². The second-order valence-corrected chi connectivity index (χ2v) is 3.61. The van der Waals surface area contributed by atoms with Gasteiger partial charge in [0, 0.05) is 5.56 Å². The molecule has 0 saturated carbocycles. The molecule has 1 N–H and O–H groups in total. The first-order chi connectivity index (χ1) is 6.79. The summed E-state index contributed by atoms with van der Waals surface area (Å²) in [5.74, 6) is 0.755. The van der Waals surface area contributed by atoms with Crippen molar-refractivity contribution in [3.63, 3.8) is 0 Å². The van der Waals surface area contributed by atoms with Gasteiger partial charge in [0.15, 0.2) is 0 Å². The quantitative estimate of drug-likeness (QED) is 0.813. The van der Waals surface area contributed by atoms with E-state index in [-0.39, 0.29) is 4.87 Å². The molecular weight excluding hydrogens is 200 g/mol. The molecule has 72 valence electrons. The van der Waals surface area contributed by atoms with Crippen molar-refractivity contribution in [1.82, 2.24) is 10.2 Å². The lowest BCUT2D eigenvalue weighted by Gasteiger charge is -2.00. The van der Waals surface area contributed by atoms with E-state index in [0.29, 0.717) is 5.01 Å². The molecule has 2 rings (SSSR count). The molecule has 14 heavy (non-hydrogen) atoms. The average molecular weight is 208 g/mol. The van der Waals surface area contributed by atoms with Crippen LogP contribution < -0.4 is 9.61 Å². The summed E-state index contributed by atoms with van der Waals surface area (Å²) in [4.78, 5) is 10.7. The summed E-state index contributed by atoms with van der Waals surface area (Å²) in [6, 6.07) is 7.43. The number of aromatic amines is 1. The molecule has 0 saturated heterocycles. The van der Waals surface area contributed by atoms with E-state index < -0.39 is 0 Å². The van der Waals surface area contributed by atoms with Gasteiger partial charge in [-0.25, -0.2) is 5.10 Å². The molecule has 0 aliphatic carbocycles. The van der Waals surface area contributed by atoms with Gasteiger partial charge >= 0.3 is 4.87 Å². The Hall–Kier alpha value is -1.62. The fraction of sp³-hybridized carbons (Fsp3) is 0.111. The van der Waals surface area contributed by atoms with E-state index in [4.69, 9.17) is 4.74 Å². The molecule has 0 amide bonds. The molecule has 0 fully saturated rings. The van der Waals surface area contributed by atoms with Crippen LogP contribution in [0.25, 0.3) is 10.6 Å². The van der Waals surface area contributed by atoms with Gasteiger partial charge in [-0.05, 0) is 12.1 Å². The summed E-state index contributed by atoms with van der Waals surface area (Å²) in [6.45, 7) is 0. The first-order valence-corrected chi connectivity index (χ1v) is 4.81. The molecule has 2 aromatic rings. The number of benzene rings is 1. The van der Waals surface area contributed by atoms with Gasteiger partial charge in [0.25, 0.3) is 0 Å². The van der Waals surface area contributed by atoms with Gasteiger partial charge in [0.2, 0.25) is 0 Å². The molecule has 0 radical (unpaired) electrons. The lowest BCUT2D eigenvalue weighted by atomic mass is 10.2. The topological polar surface area (TPSA) is 55.0 Å². The lowest BCUT2D eigenvalue weighted by Crippen LogP contribution is -1.90. The zero-order chi connectivity index (χ0) is 9.97. The van der Waals surface area contributed by atoms with E-state index in [2.05, 4.69) is 10.2 Å². The Morgan fingerprint density at radius 3 is 3.00 bits per heavy atom. The molecule has 0 atom stereocenters. The number of nitrogens with zero attached hydrogens (tertiary/aromatic N) is 1. The third kappa shape index (κ3) is 1.67. The third-order valence-corrected chi connectivity index (χ3v) is 2.55. The largest absolute Gasteiger partial charge is 0.497 e. The molecule has 1 heterocycles. The normalized spacial score (nSPS) is 10.1. The first-order valence-electron chi connectivity index (χ1n) is 3.99. The molecule has 0 bridgehead atoms. The summed E-state index contributed by atoms with van der Waals surface area (Å²) in [5, 5.41) is 6.94. The van der Waals surface area contributed by atoms with E-state index in [1.807, 2.05) is 24.3 Å². The van der Waals surface area contributed by atoms with Crippen molar-refractivity contribution >= 4 is 11.3 Å². The summed E-state index contributed by atoms with van der Waals surface area (Å²) in [6.07, 6.45) is 0. The predicted octanol–water partition coefficient (Wildman–Crippen LogP) is 1.51. The van der Waals surface area contributed by atoms with E-state index in [1.54, 1.807) is 7.11 Å². The molecular formula is C9H8N2O2S. The Balaban J connectivity index is 2.46. The van der Waals surface area contributed by atoms with Crippen LogP contribution in [0.3, 0.4) is 0 Å². The van der Waals surface area contributed by atoms with Crippen molar-refractivity contribution in [3.8, 4) is 16.3 Å². The van der Waals surface area contributed by atoms with Crippen LogP contribution in [0.4, 0.5) is 0 Å². The van der Waals surface area contributed by atoms with Gasteiger partial charge in [0.05, 0.1) is 7.11 Å². The second kappa shape index (κ2) is 3.63. The number of rotatable bonds is 2. The second-order valence-electron chi connectivity index (χ2n) is 2.65. The minimum absolute atomic E-state index is 0.150. The molecule has 5 heteroatoms. The maximum atomic E-state index is 10.9. The van der Waals surface area contributed by atoms with E-state index in [1.165, 1.54) is 0 Å². The van der Waals surface area contributed by atoms with Crippen molar-refractivity contribution in [2.24, 2.45) is 0 Å². The lowest BCUT2D eigenvalue weighted by molar-refractivity contribution is 0.415. The minimum Gasteiger partial charge on any atom is -0.497 e. The number of nitrogens with one attached hydrogen (secondary N) is 1. The van der Waals surface area contributed by atoms with Gasteiger partial charge in [-0.1, -0.05) is 23.5 Å². The van der Waals surface area contributed by atoms with Crippen LogP contribution in [-0.4, -0.2) is 17.3 Å². The van der Waals surface area contributed by atoms with Crippen LogP contribution >= 0.6 is 11.3 Å². The Bertz CT molecular complexity index is 489. The summed E-state index contributed by atoms with van der Waals surface area (Å²) in [7, 11) is 1.60. The van der Waals surface area contributed by atoms with Crippen molar-refractivity contribution in [2.75, 3.05) is 7.11 Å². The van der Waals surface area contributed by atoms with Crippen molar-refractivity contribution in [3.05, 3.63) is 33.9 Å². The van der Waals surface area contributed by atoms with Crippen LogP contribution in [0.2, 0.25) is 0 Å². The zero-order valence-electron chi connectivity index (χ0n) is 7.48. The van der Waals surface area contributed by atoms with Crippen LogP contribution in [0.1, 0.15) is 0 Å². The molecule has 1 aromatic carbocycles. The third-order valence-electron chi connectivity index (χ3n) is 1.75. The standard InChI is InChI=1S/C9H8N2O2S/c1-13-7-4-2-3-6(5-7)8-10-11-9(12)14-8/h2-5H,1H3,(H,11,12). The van der Waals surface area contributed by atoms with Gasteiger partial charge in [0.1, 0.15) is 10.8 Å². The highest BCUT2D eigenvalue weighted by molar-refractivity contribution is 7.12. The summed E-state index contributed by atoms with van der Waals surface area (Å²) in [5.41, 5.74) is 0.882. The number of methoxy groups -OCH3 is 1. The van der Waals surface area contributed by atoms with Gasteiger partial charge in [-0.2, -0.15) is 5.10 Å². The van der Waals surface area contributed by atoms with E-state index >= 15 is 0 Å². The van der Waals surface area contributed by atoms with Crippen LogP contribution in [0, 0.1) is 0 Å². The average Bonchev–Trinajstić information content (AvgIpc) is 2.65. The number of hydrogen-bond donors (Lipinski definition) is 1. The number of aromatic nitrogens is 2. The monoisotopic (exact) mass is 208 g/mol. The zero-order valence-corrected chi connectivity index (χ0v) is 8.30. The van der Waals surface area contributed by atoms with E-state index in [0.717, 1.165) is 22.6 Å². The van der Waals surface area contributed by atoms with Crippen molar-refractivity contribution in [1.29, 1.82) is 0 Å². The highest BCUT2D eigenvalue weighted by Crippen LogP contribution is 2.22. The molecule has 4 nitrogen and oxygen atoms in total. The maximum Gasteiger partial charge on any atom is 0.322 e. The first kappa shape index (κ1) is 8.96. The van der Waals surface area contributed by atoms with Crippen LogP contribution in [0.5, 0.6) is 5.75 Å². The highest BCUT2D eigenvalue weighted by atomic mass is 32.1. The van der Waals surface area contributed by atoms with Gasteiger partial charge < -0.3 is 4.74 Å². The number of ether oxygens (including phenoxy) is 1. The fourth-order valence-corrected chi connectivity index (χ4v) is 1.71. The van der Waals surface area contributed by atoms with Crippen molar-refractivity contribution < 1.29 is 4.74 Å². The highest BCUT2D eigenvalue weighted by Gasteiger charge is 2.03. The fourth-order valence-electron chi connectivity index (χ4n) is 1.11. The summed E-state index contributed by atoms with van der Waals surface area (Å²) >= 11 is 1.08. The van der Waals surface area contributed by atoms with E-state index in [9.17, 15) is 4.79 Å². The Morgan fingerprint density at radius 2 is 2.36 bits per heavy atom. The minimum atomic E-state index is -0.150. The van der Waals surface area contributed by atoms with Gasteiger partial charge in [-0.3, -0.25) is 4.79 Å². The van der Waals surface area contributed by atoms with Crippen LogP contribution in [-0.2, 0) is 0 Å². The Kier molecular flexibility index (Phi) is 2.32.